The van der Waals surface area contributed by atoms with Gasteiger partial charge in [-0.15, -0.1) is 0 Å². The Labute approximate surface area is 370 Å². The van der Waals surface area contributed by atoms with Crippen LogP contribution in [0.2, 0.25) is 18.6 Å². The number of hydrogen-bond donors (Lipinski definition) is 6. The molecule has 4 heterocycles. The lowest BCUT2D eigenvalue weighted by Gasteiger charge is -2.39. The molecule has 0 bridgehead atoms. The van der Waals surface area contributed by atoms with Crippen molar-refractivity contribution in [2.45, 2.75) is 99.9 Å². The number of nitrogens with one attached hydrogen (secondary N) is 1. The minimum absolute atomic E-state index is 0.0731. The van der Waals surface area contributed by atoms with Gasteiger partial charge in [0.2, 0.25) is 5.91 Å². The van der Waals surface area contributed by atoms with Crippen molar-refractivity contribution in [3.8, 4) is 5.75 Å². The number of non-ortho nitro benzene ring substituents is 1. The second kappa shape index (κ2) is 17.4. The van der Waals surface area contributed by atoms with Gasteiger partial charge in [0.05, 0.1) is 57.5 Å². The van der Waals surface area contributed by atoms with Gasteiger partial charge in [-0.3, -0.25) is 24.5 Å². The van der Waals surface area contributed by atoms with E-state index in [-0.39, 0.29) is 42.4 Å². The molecular weight excluding hydrogens is 845 g/mol. The van der Waals surface area contributed by atoms with E-state index in [4.69, 9.17) is 14.2 Å². The highest BCUT2D eigenvalue weighted by Crippen LogP contribution is 2.60. The van der Waals surface area contributed by atoms with E-state index in [1.165, 1.54) is 23.1 Å². The number of nitro benzene ring substituents is 1. The molecule has 0 unspecified atom stereocenters. The molecule has 0 saturated carbocycles. The number of fused-ring (bicyclic) bond motifs is 3. The van der Waals surface area contributed by atoms with Crippen molar-refractivity contribution in [2.75, 3.05) is 23.9 Å². The van der Waals surface area contributed by atoms with Crippen molar-refractivity contribution in [2.24, 2.45) is 5.92 Å². The third kappa shape index (κ3) is 7.76. The summed E-state index contributed by atoms with van der Waals surface area (Å²) in [6.45, 7) is 6.21. The average Bonchev–Trinajstić information content (AvgIpc) is 3.71. The van der Waals surface area contributed by atoms with E-state index in [1.54, 1.807) is 36.3 Å². The summed E-state index contributed by atoms with van der Waals surface area (Å²) in [5.74, 6) is -1.59. The zero-order chi connectivity index (χ0) is 45.8. The molecule has 18 heteroatoms. The molecule has 6 N–H and O–H groups in total. The molecular formula is C46H52N4O13Si. The number of benzene rings is 4. The van der Waals surface area contributed by atoms with E-state index >= 15 is 4.79 Å². The minimum atomic E-state index is -2.76. The van der Waals surface area contributed by atoms with Gasteiger partial charge in [0.25, 0.3) is 17.5 Å². The minimum Gasteiger partial charge on any atom is -0.497 e. The molecule has 3 amide bonds. The number of carbonyl (C=O) groups excluding carboxylic acids is 3. The van der Waals surface area contributed by atoms with E-state index in [2.05, 4.69) is 18.4 Å². The van der Waals surface area contributed by atoms with Gasteiger partial charge in [0.15, 0.2) is 18.0 Å². The summed E-state index contributed by atoms with van der Waals surface area (Å²) in [5, 5.41) is 66.9. The molecule has 17 nitrogen and oxygen atoms in total. The molecule has 4 aromatic carbocycles. The smallest absolute Gasteiger partial charge is 0.269 e. The Balaban J connectivity index is 1.15. The highest BCUT2D eigenvalue weighted by Gasteiger charge is 2.67. The first-order valence-corrected chi connectivity index (χ1v) is 24.3. The summed E-state index contributed by atoms with van der Waals surface area (Å²) < 4.78 is 17.7. The monoisotopic (exact) mass is 896 g/mol. The number of nitro groups is 1. The molecule has 338 valence electrons. The third-order valence-corrected chi connectivity index (χ3v) is 18.0. The lowest BCUT2D eigenvalue weighted by molar-refractivity contribution is -0.385. The highest BCUT2D eigenvalue weighted by molar-refractivity contribution is 6.91. The van der Waals surface area contributed by atoms with Crippen LogP contribution in [0.4, 0.5) is 17.1 Å². The number of methoxy groups -OCH3 is 1. The normalized spacial score (nSPS) is 28.8. The van der Waals surface area contributed by atoms with E-state index in [0.29, 0.717) is 35.5 Å². The van der Waals surface area contributed by atoms with Crippen LogP contribution in [0.5, 0.6) is 5.75 Å². The number of hydrogen-bond acceptors (Lipinski definition) is 13. The Kier molecular flexibility index (Phi) is 12.3. The number of anilines is 2. The van der Waals surface area contributed by atoms with Gasteiger partial charge in [0, 0.05) is 35.8 Å². The molecule has 4 aliphatic heterocycles. The molecule has 64 heavy (non-hydrogen) atoms. The number of rotatable bonds is 11. The topological polar surface area (TPSA) is 242 Å². The number of amides is 3. The summed E-state index contributed by atoms with van der Waals surface area (Å²) in [5.41, 5.74) is 1.05. The van der Waals surface area contributed by atoms with Crippen molar-refractivity contribution in [1.82, 2.24) is 4.90 Å². The van der Waals surface area contributed by atoms with Gasteiger partial charge < -0.3 is 54.9 Å². The fraction of sp³-hybridized carbons (Fsp3) is 0.413. The molecule has 0 aromatic heterocycles. The first-order chi connectivity index (χ1) is 30.5. The maximum Gasteiger partial charge on any atom is 0.269 e. The van der Waals surface area contributed by atoms with Crippen LogP contribution >= 0.6 is 0 Å². The van der Waals surface area contributed by atoms with Gasteiger partial charge in [-0.05, 0) is 59.0 Å². The van der Waals surface area contributed by atoms with Crippen LogP contribution in [0.25, 0.3) is 0 Å². The molecule has 1 spiro atoms. The van der Waals surface area contributed by atoms with Gasteiger partial charge in [-0.1, -0.05) is 73.7 Å². The van der Waals surface area contributed by atoms with Gasteiger partial charge in [-0.2, -0.15) is 0 Å². The maximum absolute atomic E-state index is 15.5. The molecule has 8 rings (SSSR count). The second-order valence-corrected chi connectivity index (χ2v) is 22.3. The Morgan fingerprint density at radius 2 is 1.67 bits per heavy atom. The highest BCUT2D eigenvalue weighted by atomic mass is 28.3. The van der Waals surface area contributed by atoms with Crippen LogP contribution in [0.15, 0.2) is 91.0 Å². The Morgan fingerprint density at radius 1 is 0.953 bits per heavy atom. The maximum atomic E-state index is 15.5. The predicted molar refractivity (Wildman–Crippen MR) is 234 cm³/mol. The third-order valence-electron chi connectivity index (χ3n) is 13.7. The zero-order valence-electron chi connectivity index (χ0n) is 35.7. The summed E-state index contributed by atoms with van der Waals surface area (Å²) in [6.07, 6.45) is -9.64. The lowest BCUT2D eigenvalue weighted by atomic mass is 9.82. The van der Waals surface area contributed by atoms with Crippen LogP contribution in [0.3, 0.4) is 0 Å². The largest absolute Gasteiger partial charge is 0.497 e. The molecule has 0 radical (unpaired) electrons. The van der Waals surface area contributed by atoms with Crippen LogP contribution in [-0.2, 0) is 49.0 Å². The van der Waals surface area contributed by atoms with Crippen LogP contribution in [0.1, 0.15) is 35.6 Å². The van der Waals surface area contributed by atoms with Crippen LogP contribution < -0.4 is 20.1 Å². The van der Waals surface area contributed by atoms with E-state index in [1.807, 2.05) is 55.5 Å². The Bertz CT molecular complexity index is 2450. The van der Waals surface area contributed by atoms with Crippen molar-refractivity contribution >= 4 is 48.0 Å². The predicted octanol–water partition coefficient (Wildman–Crippen LogP) is 2.44. The molecule has 2 fully saturated rings. The molecule has 4 aliphatic rings. The second-order valence-electron chi connectivity index (χ2n) is 17.7. The lowest BCUT2D eigenvalue weighted by Crippen LogP contribution is -2.60. The molecule has 10 atom stereocenters. The standard InChI is InChI=1S/C46H52N4O13Si/c1-25-42(64(3,4)33-15-13-32(61-2)14-16-33)36(21-37(52)48-23-28-10-6-5-9-27(28)19-31(48)24-51)63-46(25)34-20-30(50(59)60)12-17-35(34)49(45(46)58)22-26-8-7-11-29(18-26)47-43(56)41-39(54)38(53)40(55)44(57)62-41/h5-18,20,25,31,36,38-42,44,51,53-55,57H,19,21-24H2,1-4H3,(H,47,56)/t25-,31-,36+,38-,39-,40+,41-,42-,44+,46+/m0/s1. The quantitative estimate of drug-likeness (QED) is 0.0722. The van der Waals surface area contributed by atoms with Crippen molar-refractivity contribution in [1.29, 1.82) is 0 Å². The summed E-state index contributed by atoms with van der Waals surface area (Å²) >= 11 is 0. The van der Waals surface area contributed by atoms with Gasteiger partial charge in [0.1, 0.15) is 24.1 Å². The molecule has 2 saturated heterocycles. The van der Waals surface area contributed by atoms with Crippen molar-refractivity contribution < 1.29 is 59.1 Å². The number of carbonyl (C=O) groups is 3. The zero-order valence-corrected chi connectivity index (χ0v) is 36.7. The van der Waals surface area contributed by atoms with Gasteiger partial charge >= 0.3 is 0 Å². The Hall–Kier alpha value is -5.57. The van der Waals surface area contributed by atoms with E-state index in [0.717, 1.165) is 16.3 Å². The summed E-state index contributed by atoms with van der Waals surface area (Å²) in [6, 6.07) is 25.7. The SMILES string of the molecule is COc1ccc([Si](C)(C)[C@@H]2[C@@H](CC(=O)N3Cc4ccccc4C[C@H]3CO)O[C@]3(C(=O)N(Cc4cccc(NC(=O)[C@H]5O[C@@H](O)[C@H](O)[C@@H](O)[C@@H]5O)c4)c4ccc([N+](=O)[O-])cc43)[C@H]2C)cc1. The summed E-state index contributed by atoms with van der Waals surface area (Å²) in [4.78, 5) is 58.3. The van der Waals surface area contributed by atoms with Crippen molar-refractivity contribution in [3.63, 3.8) is 0 Å². The molecule has 4 aromatic rings. The number of aliphatic hydroxyl groups is 5. The Morgan fingerprint density at radius 3 is 2.36 bits per heavy atom. The average molecular weight is 897 g/mol. The fourth-order valence-corrected chi connectivity index (χ4v) is 14.3. The molecule has 0 aliphatic carbocycles. The van der Waals surface area contributed by atoms with E-state index < -0.39 is 79.2 Å². The van der Waals surface area contributed by atoms with Gasteiger partial charge in [-0.25, -0.2) is 0 Å². The van der Waals surface area contributed by atoms with E-state index in [9.17, 15) is 45.2 Å². The fourth-order valence-electron chi connectivity index (χ4n) is 10.3. The number of ether oxygens (including phenoxy) is 3. The number of nitrogens with zero attached hydrogens (tertiary/aromatic N) is 3. The van der Waals surface area contributed by atoms with Crippen LogP contribution in [0, 0.1) is 16.0 Å². The van der Waals surface area contributed by atoms with Crippen molar-refractivity contribution in [3.05, 3.63) is 123 Å². The first kappa shape index (κ1) is 45.0. The first-order valence-electron chi connectivity index (χ1n) is 21.2. The summed E-state index contributed by atoms with van der Waals surface area (Å²) in [7, 11) is -1.18. The number of aliphatic hydroxyl groups excluding tert-OH is 5. The van der Waals surface area contributed by atoms with Crippen LogP contribution in [-0.4, -0.2) is 118 Å².